The van der Waals surface area contributed by atoms with E-state index in [9.17, 15) is 0 Å². The van der Waals surface area contributed by atoms with Gasteiger partial charge in [0.15, 0.2) is 0 Å². The van der Waals surface area contributed by atoms with Crippen LogP contribution in [0.15, 0.2) is 4.99 Å². The van der Waals surface area contributed by atoms with Gasteiger partial charge >= 0.3 is 0 Å². The molecule has 0 saturated heterocycles. The van der Waals surface area contributed by atoms with Crippen molar-refractivity contribution in [2.24, 2.45) is 10.8 Å². The molecule has 0 amide bonds. The summed E-state index contributed by atoms with van der Waals surface area (Å²) in [5, 5.41) is 0. The van der Waals surface area contributed by atoms with Crippen molar-refractivity contribution in [1.82, 2.24) is 10.3 Å². The van der Waals surface area contributed by atoms with Gasteiger partial charge in [-0.2, -0.15) is 0 Å². The molecule has 0 aromatic rings. The zero-order valence-electron chi connectivity index (χ0n) is 9.58. The number of ether oxygens (including phenoxy) is 1. The number of aliphatic imine (C=N–C) groups is 1. The summed E-state index contributed by atoms with van der Waals surface area (Å²) in [5.41, 5.74) is 2.61. The molecule has 0 aromatic heterocycles. The van der Waals surface area contributed by atoms with Crippen LogP contribution in [0.1, 0.15) is 20.8 Å². The van der Waals surface area contributed by atoms with Crippen LogP contribution in [0.25, 0.3) is 0 Å². The number of nitrogens with zero attached hydrogens (tertiary/aromatic N) is 2. The minimum absolute atomic E-state index is 0.270. The van der Waals surface area contributed by atoms with Gasteiger partial charge in [-0.15, -0.1) is 0 Å². The maximum absolute atomic E-state index is 5.41. The molecule has 5 nitrogen and oxygen atoms in total. The van der Waals surface area contributed by atoms with E-state index in [4.69, 9.17) is 10.6 Å². The molecule has 1 atom stereocenters. The van der Waals surface area contributed by atoms with Gasteiger partial charge in [-0.1, -0.05) is 0 Å². The van der Waals surface area contributed by atoms with Gasteiger partial charge < -0.3 is 9.64 Å². The second kappa shape index (κ2) is 7.58. The van der Waals surface area contributed by atoms with Gasteiger partial charge in [-0.3, -0.25) is 10.4 Å². The van der Waals surface area contributed by atoms with E-state index in [1.807, 2.05) is 6.92 Å². The number of hydrogen-bond donors (Lipinski definition) is 2. The lowest BCUT2D eigenvalue weighted by atomic mass is 10.3. The predicted molar refractivity (Wildman–Crippen MR) is 59.0 cm³/mol. The highest BCUT2D eigenvalue weighted by Gasteiger charge is 2.14. The van der Waals surface area contributed by atoms with E-state index in [1.165, 1.54) is 0 Å². The highest BCUT2D eigenvalue weighted by molar-refractivity contribution is 5.79. The maximum Gasteiger partial charge on any atom is 0.208 e. The van der Waals surface area contributed by atoms with Crippen LogP contribution in [0.3, 0.4) is 0 Å². The lowest BCUT2D eigenvalue weighted by molar-refractivity contribution is 0.136. The Balaban J connectivity index is 4.42. The smallest absolute Gasteiger partial charge is 0.208 e. The Morgan fingerprint density at radius 2 is 2.21 bits per heavy atom. The Bertz CT molecular complexity index is 172. The number of nitrogens with two attached hydrogens (primary N) is 1. The molecule has 0 aliphatic rings. The topological polar surface area (TPSA) is 62.9 Å². The monoisotopic (exact) mass is 202 g/mol. The molecule has 1 unspecified atom stereocenters. The first-order valence-corrected chi connectivity index (χ1v) is 4.97. The molecule has 0 spiro atoms. The number of hydrogen-bond acceptors (Lipinski definition) is 3. The molecule has 0 fully saturated rings. The van der Waals surface area contributed by atoms with Crippen LogP contribution >= 0.6 is 0 Å². The zero-order chi connectivity index (χ0) is 11.0. The third kappa shape index (κ3) is 3.93. The van der Waals surface area contributed by atoms with Crippen molar-refractivity contribution in [3.63, 3.8) is 0 Å². The average Bonchev–Trinajstić information content (AvgIpc) is 2.18. The molecule has 0 aliphatic heterocycles. The van der Waals surface area contributed by atoms with Crippen LogP contribution in [0, 0.1) is 0 Å². The molecule has 5 heteroatoms. The van der Waals surface area contributed by atoms with Crippen molar-refractivity contribution in [3.05, 3.63) is 0 Å². The fourth-order valence-electron chi connectivity index (χ4n) is 1.37. The molecule has 0 bridgehead atoms. The molecule has 0 aliphatic carbocycles. The summed E-state index contributed by atoms with van der Waals surface area (Å²) >= 11 is 0. The molecule has 0 rings (SSSR count). The zero-order valence-corrected chi connectivity index (χ0v) is 9.58. The quantitative estimate of drug-likeness (QED) is 0.289. The molecule has 0 heterocycles. The Hall–Kier alpha value is -0.810. The number of rotatable bonds is 5. The summed E-state index contributed by atoms with van der Waals surface area (Å²) in [6.45, 7) is 8.36. The van der Waals surface area contributed by atoms with Crippen molar-refractivity contribution in [2.45, 2.75) is 26.8 Å². The standard InChI is InChI=1S/C9H22N4O/c1-5-11-9(12-10)13(6-2)8(3)7-14-4/h8H,5-7,10H2,1-4H3,(H,11,12). The molecular formula is C9H22N4O. The summed E-state index contributed by atoms with van der Waals surface area (Å²) in [6.07, 6.45) is 0. The maximum atomic E-state index is 5.41. The van der Waals surface area contributed by atoms with E-state index in [0.717, 1.165) is 19.0 Å². The van der Waals surface area contributed by atoms with Gasteiger partial charge in [0.2, 0.25) is 5.96 Å². The lowest BCUT2D eigenvalue weighted by Crippen LogP contribution is -2.50. The fourth-order valence-corrected chi connectivity index (χ4v) is 1.37. The Labute approximate surface area is 86.3 Å². The van der Waals surface area contributed by atoms with Crippen molar-refractivity contribution in [3.8, 4) is 0 Å². The molecule has 3 N–H and O–H groups in total. The van der Waals surface area contributed by atoms with Gasteiger partial charge in [0.05, 0.1) is 12.6 Å². The number of guanidine groups is 1. The summed E-state index contributed by atoms with van der Waals surface area (Å²) in [4.78, 5) is 6.34. The number of methoxy groups -OCH3 is 1. The Morgan fingerprint density at radius 3 is 2.57 bits per heavy atom. The van der Waals surface area contributed by atoms with E-state index in [-0.39, 0.29) is 6.04 Å². The number of nitrogens with one attached hydrogen (secondary N) is 1. The Kier molecular flexibility index (Phi) is 7.14. The molecule has 0 aromatic carbocycles. The van der Waals surface area contributed by atoms with E-state index >= 15 is 0 Å². The highest BCUT2D eigenvalue weighted by atomic mass is 16.5. The van der Waals surface area contributed by atoms with Gasteiger partial charge in [0.25, 0.3) is 0 Å². The summed E-state index contributed by atoms with van der Waals surface area (Å²) < 4.78 is 5.09. The second-order valence-corrected chi connectivity index (χ2v) is 3.03. The van der Waals surface area contributed by atoms with Gasteiger partial charge in [-0.25, -0.2) is 5.84 Å². The number of hydrazine groups is 1. The molecule has 84 valence electrons. The minimum atomic E-state index is 0.270. The predicted octanol–water partition coefficient (Wildman–Crippen LogP) is 0.182. The van der Waals surface area contributed by atoms with Crippen LogP contribution < -0.4 is 11.3 Å². The average molecular weight is 202 g/mol. The minimum Gasteiger partial charge on any atom is -0.383 e. The van der Waals surface area contributed by atoms with Crippen LogP contribution in [0.2, 0.25) is 0 Å². The van der Waals surface area contributed by atoms with Crippen molar-refractivity contribution in [2.75, 3.05) is 26.8 Å². The summed E-state index contributed by atoms with van der Waals surface area (Å²) in [7, 11) is 1.69. The van der Waals surface area contributed by atoms with Crippen molar-refractivity contribution < 1.29 is 4.74 Å². The van der Waals surface area contributed by atoms with E-state index < -0.39 is 0 Å². The first kappa shape index (κ1) is 13.2. The number of likely N-dealkylation sites (N-methyl/N-ethyl adjacent to an activating group) is 1. The molecular weight excluding hydrogens is 180 g/mol. The van der Waals surface area contributed by atoms with E-state index in [0.29, 0.717) is 6.61 Å². The largest absolute Gasteiger partial charge is 0.383 e. The van der Waals surface area contributed by atoms with Crippen molar-refractivity contribution >= 4 is 5.96 Å². The SMILES string of the molecule is CCN=C(NN)N(CC)C(C)COC. The lowest BCUT2D eigenvalue weighted by Gasteiger charge is -2.29. The van der Waals surface area contributed by atoms with Crippen LogP contribution in [0.5, 0.6) is 0 Å². The van der Waals surface area contributed by atoms with E-state index in [2.05, 4.69) is 29.2 Å². The molecule has 14 heavy (non-hydrogen) atoms. The summed E-state index contributed by atoms with van der Waals surface area (Å²) in [5.74, 6) is 6.13. The fraction of sp³-hybridized carbons (Fsp3) is 0.889. The van der Waals surface area contributed by atoms with Gasteiger partial charge in [0, 0.05) is 20.2 Å². The van der Waals surface area contributed by atoms with Crippen LogP contribution in [-0.2, 0) is 4.74 Å². The van der Waals surface area contributed by atoms with Gasteiger partial charge in [-0.05, 0) is 20.8 Å². The molecule has 0 radical (unpaired) electrons. The third-order valence-electron chi connectivity index (χ3n) is 1.99. The van der Waals surface area contributed by atoms with Crippen LogP contribution in [0.4, 0.5) is 0 Å². The second-order valence-electron chi connectivity index (χ2n) is 3.03. The first-order chi connectivity index (χ1) is 6.71. The van der Waals surface area contributed by atoms with Gasteiger partial charge in [0.1, 0.15) is 0 Å². The molecule has 0 saturated carbocycles. The third-order valence-corrected chi connectivity index (χ3v) is 1.99. The van der Waals surface area contributed by atoms with Crippen LogP contribution in [-0.4, -0.2) is 43.7 Å². The Morgan fingerprint density at radius 1 is 1.57 bits per heavy atom. The van der Waals surface area contributed by atoms with E-state index in [1.54, 1.807) is 7.11 Å². The summed E-state index contributed by atoms with van der Waals surface area (Å²) in [6, 6.07) is 0.270. The van der Waals surface area contributed by atoms with Crippen molar-refractivity contribution in [1.29, 1.82) is 0 Å². The highest BCUT2D eigenvalue weighted by Crippen LogP contribution is 1.99. The normalized spacial score (nSPS) is 13.9. The first-order valence-electron chi connectivity index (χ1n) is 4.97.